The van der Waals surface area contributed by atoms with E-state index in [1.807, 2.05) is 12.1 Å². The number of nitrogens with one attached hydrogen (secondary N) is 1. The van der Waals surface area contributed by atoms with Crippen LogP contribution in [0.15, 0.2) is 40.8 Å². The van der Waals surface area contributed by atoms with E-state index in [0.29, 0.717) is 27.0 Å². The van der Waals surface area contributed by atoms with E-state index in [2.05, 4.69) is 22.4 Å². The molecule has 0 saturated heterocycles. The van der Waals surface area contributed by atoms with Crippen LogP contribution in [0, 0.1) is 0 Å². The fourth-order valence-electron chi connectivity index (χ4n) is 2.63. The molecule has 20 heavy (non-hydrogen) atoms. The minimum Gasteiger partial charge on any atom is -0.438 e. The Balaban J connectivity index is 1.86. The van der Waals surface area contributed by atoms with Gasteiger partial charge in [0.1, 0.15) is 5.52 Å². The molecule has 0 spiro atoms. The number of anilines is 1. The summed E-state index contributed by atoms with van der Waals surface area (Å²) in [6, 6.07) is 11.6. The molecule has 1 aliphatic heterocycles. The molecule has 5 heteroatoms. The molecule has 100 valence electrons. The third-order valence-electron chi connectivity index (χ3n) is 3.56. The van der Waals surface area contributed by atoms with Crippen molar-refractivity contribution in [1.82, 2.24) is 4.98 Å². The molecule has 1 unspecified atom stereocenters. The average molecular weight is 305 g/mol. The first-order valence-corrected chi connectivity index (χ1v) is 7.06. The number of aromatic nitrogens is 1. The summed E-state index contributed by atoms with van der Waals surface area (Å²) in [4.78, 5) is 4.54. The maximum Gasteiger partial charge on any atom is 0.204 e. The molecule has 1 atom stereocenters. The standard InChI is InChI=1S/C15H10Cl2N2O/c16-8-5-11(17)14-13(6-8)19-15(20-14)10-7-18-12-4-2-1-3-9(10)12/h1-6,10,18H,7H2. The second-order valence-electron chi connectivity index (χ2n) is 4.81. The zero-order valence-electron chi connectivity index (χ0n) is 10.4. The highest BCUT2D eigenvalue weighted by molar-refractivity contribution is 6.37. The van der Waals surface area contributed by atoms with Crippen LogP contribution >= 0.6 is 23.2 Å². The van der Waals surface area contributed by atoms with E-state index in [-0.39, 0.29) is 5.92 Å². The second kappa shape index (κ2) is 4.40. The van der Waals surface area contributed by atoms with Gasteiger partial charge in [0, 0.05) is 17.3 Å². The molecule has 1 N–H and O–H groups in total. The first-order chi connectivity index (χ1) is 9.72. The zero-order chi connectivity index (χ0) is 13.7. The van der Waals surface area contributed by atoms with E-state index in [1.54, 1.807) is 12.1 Å². The van der Waals surface area contributed by atoms with Crippen molar-refractivity contribution in [2.75, 3.05) is 11.9 Å². The van der Waals surface area contributed by atoms with Crippen molar-refractivity contribution in [3.8, 4) is 0 Å². The monoisotopic (exact) mass is 304 g/mol. The highest BCUT2D eigenvalue weighted by Gasteiger charge is 2.28. The van der Waals surface area contributed by atoms with Gasteiger partial charge in [-0.25, -0.2) is 4.98 Å². The predicted octanol–water partition coefficient (Wildman–Crippen LogP) is 4.69. The van der Waals surface area contributed by atoms with E-state index < -0.39 is 0 Å². The Hall–Kier alpha value is -1.71. The maximum absolute atomic E-state index is 6.15. The molecular weight excluding hydrogens is 295 g/mol. The van der Waals surface area contributed by atoms with Crippen LogP contribution in [0.2, 0.25) is 10.0 Å². The largest absolute Gasteiger partial charge is 0.438 e. The van der Waals surface area contributed by atoms with Gasteiger partial charge in [-0.15, -0.1) is 0 Å². The van der Waals surface area contributed by atoms with Crippen molar-refractivity contribution >= 4 is 40.0 Å². The second-order valence-corrected chi connectivity index (χ2v) is 5.65. The molecule has 0 amide bonds. The van der Waals surface area contributed by atoms with Crippen molar-refractivity contribution in [1.29, 1.82) is 0 Å². The first-order valence-electron chi connectivity index (χ1n) is 6.30. The molecule has 1 aliphatic rings. The van der Waals surface area contributed by atoms with Crippen LogP contribution in [0.25, 0.3) is 11.1 Å². The summed E-state index contributed by atoms with van der Waals surface area (Å²) in [7, 11) is 0. The van der Waals surface area contributed by atoms with Gasteiger partial charge >= 0.3 is 0 Å². The van der Waals surface area contributed by atoms with Gasteiger partial charge in [-0.2, -0.15) is 0 Å². The lowest BCUT2D eigenvalue weighted by molar-refractivity contribution is 0.512. The van der Waals surface area contributed by atoms with Gasteiger partial charge in [-0.05, 0) is 23.8 Å². The molecule has 0 saturated carbocycles. The smallest absolute Gasteiger partial charge is 0.204 e. The third-order valence-corrected chi connectivity index (χ3v) is 4.06. The molecular formula is C15H10Cl2N2O. The summed E-state index contributed by atoms with van der Waals surface area (Å²) >= 11 is 12.1. The molecule has 3 aromatic rings. The van der Waals surface area contributed by atoms with E-state index in [1.165, 1.54) is 5.56 Å². The first kappa shape index (κ1) is 12.1. The van der Waals surface area contributed by atoms with Crippen molar-refractivity contribution in [3.05, 3.63) is 57.9 Å². The molecule has 2 aromatic carbocycles. The lowest BCUT2D eigenvalue weighted by Crippen LogP contribution is -2.03. The Morgan fingerprint density at radius 3 is 2.95 bits per heavy atom. The Bertz CT molecular complexity index is 813. The predicted molar refractivity (Wildman–Crippen MR) is 80.8 cm³/mol. The maximum atomic E-state index is 6.15. The van der Waals surface area contributed by atoms with Crippen LogP contribution in [-0.4, -0.2) is 11.5 Å². The van der Waals surface area contributed by atoms with E-state index >= 15 is 0 Å². The number of halogens is 2. The summed E-state index contributed by atoms with van der Waals surface area (Å²) in [6.45, 7) is 0.775. The number of hydrogen-bond donors (Lipinski definition) is 1. The van der Waals surface area contributed by atoms with Crippen molar-refractivity contribution < 1.29 is 4.42 Å². The molecule has 0 bridgehead atoms. The fourth-order valence-corrected chi connectivity index (χ4v) is 3.15. The van der Waals surface area contributed by atoms with Crippen LogP contribution in [0.1, 0.15) is 17.4 Å². The van der Waals surface area contributed by atoms with Crippen molar-refractivity contribution in [2.24, 2.45) is 0 Å². The molecule has 1 aromatic heterocycles. The number of hydrogen-bond acceptors (Lipinski definition) is 3. The molecule has 0 radical (unpaired) electrons. The third kappa shape index (κ3) is 1.78. The zero-order valence-corrected chi connectivity index (χ0v) is 11.9. The summed E-state index contributed by atoms with van der Waals surface area (Å²) in [6.07, 6.45) is 0. The summed E-state index contributed by atoms with van der Waals surface area (Å²) < 4.78 is 5.85. The summed E-state index contributed by atoms with van der Waals surface area (Å²) in [5, 5.41) is 4.41. The van der Waals surface area contributed by atoms with Gasteiger partial charge in [-0.3, -0.25) is 0 Å². The minimum absolute atomic E-state index is 0.105. The summed E-state index contributed by atoms with van der Waals surface area (Å²) in [5.74, 6) is 0.773. The van der Waals surface area contributed by atoms with Crippen LogP contribution < -0.4 is 5.32 Å². The molecule has 3 nitrogen and oxygen atoms in total. The molecule has 4 rings (SSSR count). The van der Waals surface area contributed by atoms with Crippen LogP contribution in [0.4, 0.5) is 5.69 Å². The van der Waals surface area contributed by atoms with Crippen LogP contribution in [0.5, 0.6) is 0 Å². The molecule has 0 fully saturated rings. The number of nitrogens with zero attached hydrogens (tertiary/aromatic N) is 1. The number of rotatable bonds is 1. The fraction of sp³-hybridized carbons (Fsp3) is 0.133. The van der Waals surface area contributed by atoms with Crippen LogP contribution in [-0.2, 0) is 0 Å². The lowest BCUT2D eigenvalue weighted by atomic mass is 10.0. The lowest BCUT2D eigenvalue weighted by Gasteiger charge is -2.04. The average Bonchev–Trinajstić information content (AvgIpc) is 3.01. The van der Waals surface area contributed by atoms with Gasteiger partial charge in [0.15, 0.2) is 5.58 Å². The van der Waals surface area contributed by atoms with E-state index in [0.717, 1.165) is 12.2 Å². The topological polar surface area (TPSA) is 38.1 Å². The SMILES string of the molecule is Clc1cc(Cl)c2oc(C3CNc4ccccc43)nc2c1. The van der Waals surface area contributed by atoms with Crippen LogP contribution in [0.3, 0.4) is 0 Å². The van der Waals surface area contributed by atoms with Gasteiger partial charge < -0.3 is 9.73 Å². The highest BCUT2D eigenvalue weighted by Crippen LogP contribution is 2.38. The number of benzene rings is 2. The van der Waals surface area contributed by atoms with Crippen molar-refractivity contribution in [3.63, 3.8) is 0 Å². The van der Waals surface area contributed by atoms with E-state index in [9.17, 15) is 0 Å². The van der Waals surface area contributed by atoms with Gasteiger partial charge in [-0.1, -0.05) is 41.4 Å². The van der Waals surface area contributed by atoms with E-state index in [4.69, 9.17) is 27.6 Å². The Kier molecular flexibility index (Phi) is 2.65. The van der Waals surface area contributed by atoms with Gasteiger partial charge in [0.2, 0.25) is 5.89 Å². The molecule has 2 heterocycles. The Morgan fingerprint density at radius 1 is 1.20 bits per heavy atom. The minimum atomic E-state index is 0.105. The molecule has 0 aliphatic carbocycles. The van der Waals surface area contributed by atoms with Gasteiger partial charge in [0.05, 0.1) is 10.9 Å². The quantitative estimate of drug-likeness (QED) is 0.708. The highest BCUT2D eigenvalue weighted by atomic mass is 35.5. The number of fused-ring (bicyclic) bond motifs is 2. The number of oxazole rings is 1. The Morgan fingerprint density at radius 2 is 2.05 bits per heavy atom. The number of para-hydroxylation sites is 1. The summed E-state index contributed by atoms with van der Waals surface area (Å²) in [5.41, 5.74) is 3.61. The Labute approximate surface area is 125 Å². The van der Waals surface area contributed by atoms with Crippen molar-refractivity contribution in [2.45, 2.75) is 5.92 Å². The van der Waals surface area contributed by atoms with Gasteiger partial charge in [0.25, 0.3) is 0 Å². The normalized spacial score (nSPS) is 17.2.